The molecule has 0 saturated heterocycles. The van der Waals surface area contributed by atoms with Crippen LogP contribution < -0.4 is 24.7 Å². The fourth-order valence-electron chi connectivity index (χ4n) is 4.75. The van der Waals surface area contributed by atoms with E-state index in [-0.39, 0.29) is 29.3 Å². The van der Waals surface area contributed by atoms with E-state index in [4.69, 9.17) is 29.4 Å². The van der Waals surface area contributed by atoms with Gasteiger partial charge in [-0.05, 0) is 42.2 Å². The number of methoxy groups -OCH3 is 1. The van der Waals surface area contributed by atoms with E-state index >= 15 is 0 Å². The number of benzene rings is 2. The van der Waals surface area contributed by atoms with E-state index in [1.165, 1.54) is 0 Å². The minimum absolute atomic E-state index is 0.0310. The number of ketones is 1. The third-order valence-electron chi connectivity index (χ3n) is 6.34. The van der Waals surface area contributed by atoms with Crippen LogP contribution in [0.5, 0.6) is 23.0 Å². The molecule has 0 aromatic heterocycles. The van der Waals surface area contributed by atoms with E-state index in [0.29, 0.717) is 65.9 Å². The van der Waals surface area contributed by atoms with Crippen molar-refractivity contribution in [3.05, 3.63) is 70.8 Å². The van der Waals surface area contributed by atoms with Gasteiger partial charge in [0.1, 0.15) is 30.6 Å². The summed E-state index contributed by atoms with van der Waals surface area (Å²) in [6.07, 6.45) is 0.936. The first-order valence-electron chi connectivity index (χ1n) is 12.3. The molecule has 1 aliphatic heterocycles. The van der Waals surface area contributed by atoms with Gasteiger partial charge in [-0.3, -0.25) is 4.79 Å². The van der Waals surface area contributed by atoms with Gasteiger partial charge in [-0.25, -0.2) is 0 Å². The van der Waals surface area contributed by atoms with Crippen LogP contribution >= 0.6 is 0 Å². The standard InChI is InChI=1S/C29H32N2O6/c1-5-34-24-14-18(10-11-23(24)36-13-12-35-22-9-7-6-8-21(22)33-4)26-19(17-30)28(31)37-25-16-29(2,3)15-20(32)27(25)26/h6-11,14,26H,5,12-13,15-16,31H2,1-4H3. The molecule has 0 amide bonds. The van der Waals surface area contributed by atoms with Crippen LogP contribution in [0.15, 0.2) is 65.3 Å². The number of para-hydroxylation sites is 2. The Bertz CT molecular complexity index is 1290. The van der Waals surface area contributed by atoms with Gasteiger partial charge < -0.3 is 29.4 Å². The maximum absolute atomic E-state index is 13.2. The molecule has 0 bridgehead atoms. The minimum Gasteiger partial charge on any atom is -0.493 e. The number of hydrogen-bond acceptors (Lipinski definition) is 8. The molecule has 2 aliphatic rings. The van der Waals surface area contributed by atoms with E-state index < -0.39 is 5.92 Å². The summed E-state index contributed by atoms with van der Waals surface area (Å²) in [6.45, 7) is 6.89. The SMILES string of the molecule is CCOc1cc(C2C(C#N)=C(N)OC3=C2C(=O)CC(C)(C)C3)ccc1OCCOc1ccccc1OC. The zero-order valence-corrected chi connectivity index (χ0v) is 21.6. The number of nitriles is 1. The van der Waals surface area contributed by atoms with Crippen LogP contribution in [0.2, 0.25) is 0 Å². The monoisotopic (exact) mass is 504 g/mol. The Hall–Kier alpha value is -4.12. The molecule has 37 heavy (non-hydrogen) atoms. The van der Waals surface area contributed by atoms with E-state index in [1.807, 2.05) is 51.1 Å². The van der Waals surface area contributed by atoms with Gasteiger partial charge in [-0.2, -0.15) is 5.26 Å². The second-order valence-electron chi connectivity index (χ2n) is 9.69. The Labute approximate surface area is 217 Å². The fourth-order valence-corrected chi connectivity index (χ4v) is 4.75. The molecule has 8 nitrogen and oxygen atoms in total. The van der Waals surface area contributed by atoms with Crippen LogP contribution in [0.4, 0.5) is 0 Å². The summed E-state index contributed by atoms with van der Waals surface area (Å²) in [5, 5.41) is 9.89. The molecule has 0 spiro atoms. The normalized spacial score (nSPS) is 18.5. The number of nitrogens with zero attached hydrogens (tertiary/aromatic N) is 1. The number of carbonyl (C=O) groups is 1. The van der Waals surface area contributed by atoms with Crippen molar-refractivity contribution >= 4 is 5.78 Å². The van der Waals surface area contributed by atoms with Crippen LogP contribution in [0, 0.1) is 16.7 Å². The second-order valence-corrected chi connectivity index (χ2v) is 9.69. The van der Waals surface area contributed by atoms with Crippen LogP contribution in [0.1, 0.15) is 45.1 Å². The molecule has 1 aliphatic carbocycles. The van der Waals surface area contributed by atoms with E-state index in [0.717, 1.165) is 0 Å². The third-order valence-corrected chi connectivity index (χ3v) is 6.34. The molecule has 2 aromatic rings. The van der Waals surface area contributed by atoms with Gasteiger partial charge in [0.2, 0.25) is 5.88 Å². The molecule has 0 saturated carbocycles. The van der Waals surface area contributed by atoms with Crippen molar-refractivity contribution in [3.8, 4) is 29.1 Å². The van der Waals surface area contributed by atoms with Crippen molar-refractivity contribution in [1.82, 2.24) is 0 Å². The van der Waals surface area contributed by atoms with Crippen molar-refractivity contribution < 1.29 is 28.5 Å². The number of rotatable bonds is 9. The van der Waals surface area contributed by atoms with Gasteiger partial charge in [0.15, 0.2) is 28.8 Å². The zero-order valence-electron chi connectivity index (χ0n) is 21.6. The Morgan fingerprint density at radius 3 is 2.35 bits per heavy atom. The quantitative estimate of drug-likeness (QED) is 0.475. The summed E-state index contributed by atoms with van der Waals surface area (Å²) in [7, 11) is 1.59. The molecule has 2 N–H and O–H groups in total. The van der Waals surface area contributed by atoms with E-state index in [1.54, 1.807) is 19.2 Å². The molecular weight excluding hydrogens is 472 g/mol. The lowest BCUT2D eigenvalue weighted by atomic mass is 9.70. The van der Waals surface area contributed by atoms with Gasteiger partial charge >= 0.3 is 0 Å². The molecule has 1 unspecified atom stereocenters. The highest BCUT2D eigenvalue weighted by Gasteiger charge is 2.43. The lowest BCUT2D eigenvalue weighted by molar-refractivity contribution is -0.119. The molecule has 8 heteroatoms. The highest BCUT2D eigenvalue weighted by atomic mass is 16.5. The van der Waals surface area contributed by atoms with Gasteiger partial charge in [0.05, 0.1) is 19.6 Å². The van der Waals surface area contributed by atoms with Crippen LogP contribution in [0.25, 0.3) is 0 Å². The fraction of sp³-hybridized carbons (Fsp3) is 0.379. The van der Waals surface area contributed by atoms with E-state index in [2.05, 4.69) is 6.07 Å². The Morgan fingerprint density at radius 1 is 1.03 bits per heavy atom. The van der Waals surface area contributed by atoms with Gasteiger partial charge in [0.25, 0.3) is 0 Å². The first kappa shape index (κ1) is 26.0. The number of nitrogens with two attached hydrogens (primary N) is 1. The predicted octanol–water partition coefficient (Wildman–Crippen LogP) is 5.00. The topological polar surface area (TPSA) is 113 Å². The highest BCUT2D eigenvalue weighted by Crippen LogP contribution is 2.48. The molecule has 0 fully saturated rings. The summed E-state index contributed by atoms with van der Waals surface area (Å²) in [5.41, 5.74) is 7.32. The zero-order chi connectivity index (χ0) is 26.6. The maximum Gasteiger partial charge on any atom is 0.205 e. The number of ether oxygens (including phenoxy) is 5. The van der Waals surface area contributed by atoms with Crippen LogP contribution in [-0.2, 0) is 9.53 Å². The van der Waals surface area contributed by atoms with Crippen molar-refractivity contribution in [1.29, 1.82) is 5.26 Å². The summed E-state index contributed by atoms with van der Waals surface area (Å²) in [6, 6.07) is 15.0. The maximum atomic E-state index is 13.2. The third kappa shape index (κ3) is 5.51. The van der Waals surface area contributed by atoms with Gasteiger partial charge in [-0.1, -0.05) is 32.0 Å². The number of hydrogen-bond donors (Lipinski definition) is 1. The molecule has 1 atom stereocenters. The van der Waals surface area contributed by atoms with Crippen molar-refractivity contribution in [2.75, 3.05) is 26.9 Å². The molecule has 2 aromatic carbocycles. The average Bonchev–Trinajstić information content (AvgIpc) is 2.86. The Morgan fingerprint density at radius 2 is 1.70 bits per heavy atom. The first-order valence-corrected chi connectivity index (χ1v) is 12.3. The van der Waals surface area contributed by atoms with Gasteiger partial charge in [-0.15, -0.1) is 0 Å². The number of carbonyl (C=O) groups excluding carboxylic acids is 1. The van der Waals surface area contributed by atoms with Crippen LogP contribution in [-0.4, -0.2) is 32.7 Å². The Kier molecular flexibility index (Phi) is 7.63. The van der Waals surface area contributed by atoms with Crippen molar-refractivity contribution in [3.63, 3.8) is 0 Å². The largest absolute Gasteiger partial charge is 0.493 e. The molecule has 0 radical (unpaired) electrons. The lowest BCUT2D eigenvalue weighted by Crippen LogP contribution is -2.33. The highest BCUT2D eigenvalue weighted by molar-refractivity contribution is 6.00. The van der Waals surface area contributed by atoms with Crippen molar-refractivity contribution in [2.45, 2.75) is 39.5 Å². The summed E-state index contributed by atoms with van der Waals surface area (Å²) < 4.78 is 28.7. The molecule has 4 rings (SSSR count). The second kappa shape index (κ2) is 10.9. The summed E-state index contributed by atoms with van der Waals surface area (Å²) in [4.78, 5) is 13.2. The number of allylic oxidation sites excluding steroid dienone is 3. The van der Waals surface area contributed by atoms with Crippen LogP contribution in [0.3, 0.4) is 0 Å². The number of Topliss-reactive ketones (excluding diaryl/α,β-unsaturated/α-hetero) is 1. The van der Waals surface area contributed by atoms with E-state index in [9.17, 15) is 10.1 Å². The molecule has 1 heterocycles. The summed E-state index contributed by atoms with van der Waals surface area (Å²) in [5.74, 6) is 2.22. The lowest BCUT2D eigenvalue weighted by Gasteiger charge is -2.37. The van der Waals surface area contributed by atoms with Crippen molar-refractivity contribution in [2.24, 2.45) is 11.1 Å². The Balaban J connectivity index is 1.58. The van der Waals surface area contributed by atoms with Gasteiger partial charge in [0, 0.05) is 18.4 Å². The molecule has 194 valence electrons. The average molecular weight is 505 g/mol. The minimum atomic E-state index is -0.625. The summed E-state index contributed by atoms with van der Waals surface area (Å²) >= 11 is 0. The molecular formula is C29H32N2O6. The smallest absolute Gasteiger partial charge is 0.205 e. The predicted molar refractivity (Wildman–Crippen MR) is 137 cm³/mol. The first-order chi connectivity index (χ1) is 17.8.